The summed E-state index contributed by atoms with van der Waals surface area (Å²) in [5.74, 6) is 0.581. The molecule has 1 heterocycles. The molecule has 22 heavy (non-hydrogen) atoms. The quantitative estimate of drug-likeness (QED) is 0.894. The zero-order valence-electron chi connectivity index (χ0n) is 13.7. The summed E-state index contributed by atoms with van der Waals surface area (Å²) in [6, 6.07) is 7.86. The second kappa shape index (κ2) is 7.47. The molecule has 3 nitrogen and oxygen atoms in total. The van der Waals surface area contributed by atoms with Crippen LogP contribution in [0, 0.1) is 11.8 Å². The van der Waals surface area contributed by atoms with Crippen LogP contribution in [0.4, 0.5) is 0 Å². The smallest absolute Gasteiger partial charge is 0.223 e. The highest BCUT2D eigenvalue weighted by atomic mass is 35.5. The molecule has 1 fully saturated rings. The minimum absolute atomic E-state index is 0.0806. The molecular formula is C18H26ClNO2. The number of carbonyl (C=O) groups is 1. The van der Waals surface area contributed by atoms with Crippen molar-refractivity contribution in [3.8, 4) is 0 Å². The molecule has 1 aliphatic rings. The highest BCUT2D eigenvalue weighted by molar-refractivity contribution is 6.30. The van der Waals surface area contributed by atoms with Gasteiger partial charge in [-0.05, 0) is 49.8 Å². The molecule has 0 aliphatic carbocycles. The summed E-state index contributed by atoms with van der Waals surface area (Å²) < 4.78 is 5.34. The summed E-state index contributed by atoms with van der Waals surface area (Å²) in [5, 5.41) is 4.04. The molecule has 1 saturated heterocycles. The van der Waals surface area contributed by atoms with Crippen molar-refractivity contribution < 1.29 is 9.53 Å². The molecule has 0 unspecified atom stereocenters. The van der Waals surface area contributed by atoms with E-state index >= 15 is 0 Å². The Kier molecular flexibility index (Phi) is 5.87. The lowest BCUT2D eigenvalue weighted by atomic mass is 9.81. The third-order valence-corrected chi connectivity index (χ3v) is 5.01. The topological polar surface area (TPSA) is 38.3 Å². The molecule has 0 spiro atoms. The Hall–Kier alpha value is -1.06. The molecule has 4 heteroatoms. The monoisotopic (exact) mass is 323 g/mol. The van der Waals surface area contributed by atoms with Crippen LogP contribution < -0.4 is 5.32 Å². The minimum atomic E-state index is -0.261. The zero-order valence-corrected chi connectivity index (χ0v) is 14.5. The molecule has 1 N–H and O–H groups in total. The number of nitrogens with one attached hydrogen (secondary N) is 1. The van der Waals surface area contributed by atoms with E-state index in [1.165, 1.54) is 5.56 Å². The molecule has 0 saturated carbocycles. The third-order valence-electron chi connectivity index (χ3n) is 4.76. The predicted octanol–water partition coefficient (Wildman–Crippen LogP) is 3.84. The Morgan fingerprint density at radius 1 is 1.32 bits per heavy atom. The van der Waals surface area contributed by atoms with Crippen LogP contribution in [0.3, 0.4) is 0 Å². The van der Waals surface area contributed by atoms with Crippen molar-refractivity contribution in [1.82, 2.24) is 5.32 Å². The van der Waals surface area contributed by atoms with E-state index in [2.05, 4.69) is 26.1 Å². The normalized spacial score (nSPS) is 19.0. The summed E-state index contributed by atoms with van der Waals surface area (Å²) in [7, 11) is 0. The first-order chi connectivity index (χ1) is 10.4. The Labute approximate surface area is 138 Å². The van der Waals surface area contributed by atoms with Gasteiger partial charge in [0, 0.05) is 29.7 Å². The van der Waals surface area contributed by atoms with Crippen molar-refractivity contribution in [2.75, 3.05) is 13.2 Å². The van der Waals surface area contributed by atoms with Gasteiger partial charge in [0.25, 0.3) is 0 Å². The van der Waals surface area contributed by atoms with Crippen molar-refractivity contribution in [3.63, 3.8) is 0 Å². The van der Waals surface area contributed by atoms with Crippen LogP contribution in [0.2, 0.25) is 5.02 Å². The SMILES string of the molecule is CC(C)[C@@](C)(Cc1ccc(Cl)cc1)NC(=O)C1CCOCC1. The Balaban J connectivity index is 2.06. The van der Waals surface area contributed by atoms with Crippen molar-refractivity contribution in [3.05, 3.63) is 34.9 Å². The summed E-state index contributed by atoms with van der Waals surface area (Å²) in [6.45, 7) is 7.81. The van der Waals surface area contributed by atoms with Gasteiger partial charge in [-0.1, -0.05) is 37.6 Å². The number of rotatable bonds is 5. The number of ether oxygens (including phenoxy) is 1. The molecule has 0 bridgehead atoms. The van der Waals surface area contributed by atoms with Gasteiger partial charge in [0.15, 0.2) is 0 Å². The molecule has 1 aromatic carbocycles. The Morgan fingerprint density at radius 2 is 1.91 bits per heavy atom. The lowest BCUT2D eigenvalue weighted by Crippen LogP contribution is -2.53. The molecular weight excluding hydrogens is 298 g/mol. The average Bonchev–Trinajstić information content (AvgIpc) is 2.50. The molecule has 0 aromatic heterocycles. The number of amides is 1. The van der Waals surface area contributed by atoms with Crippen molar-refractivity contribution in [2.45, 2.75) is 45.6 Å². The number of carbonyl (C=O) groups excluding carboxylic acids is 1. The molecule has 2 rings (SSSR count). The fraction of sp³-hybridized carbons (Fsp3) is 0.611. The van der Waals surface area contributed by atoms with Crippen LogP contribution in [0.25, 0.3) is 0 Å². The van der Waals surface area contributed by atoms with Crippen molar-refractivity contribution in [2.24, 2.45) is 11.8 Å². The molecule has 1 amide bonds. The van der Waals surface area contributed by atoms with Crippen LogP contribution in [0.5, 0.6) is 0 Å². The van der Waals surface area contributed by atoms with Gasteiger partial charge in [0.2, 0.25) is 5.91 Å². The first kappa shape index (κ1) is 17.3. The fourth-order valence-electron chi connectivity index (χ4n) is 2.76. The second-order valence-corrected chi connectivity index (χ2v) is 7.19. The van der Waals surface area contributed by atoms with E-state index in [0.29, 0.717) is 19.1 Å². The van der Waals surface area contributed by atoms with E-state index < -0.39 is 0 Å². The van der Waals surface area contributed by atoms with Gasteiger partial charge in [0.05, 0.1) is 0 Å². The lowest BCUT2D eigenvalue weighted by Gasteiger charge is -2.37. The van der Waals surface area contributed by atoms with E-state index in [-0.39, 0.29) is 17.4 Å². The van der Waals surface area contributed by atoms with Crippen LogP contribution >= 0.6 is 11.6 Å². The number of benzene rings is 1. The van der Waals surface area contributed by atoms with Crippen molar-refractivity contribution in [1.29, 1.82) is 0 Å². The number of hydrogen-bond donors (Lipinski definition) is 1. The van der Waals surface area contributed by atoms with E-state index in [0.717, 1.165) is 24.3 Å². The van der Waals surface area contributed by atoms with Crippen molar-refractivity contribution >= 4 is 17.5 Å². The Morgan fingerprint density at radius 3 is 2.45 bits per heavy atom. The highest BCUT2D eigenvalue weighted by Gasteiger charge is 2.33. The van der Waals surface area contributed by atoms with Crippen LogP contribution in [-0.2, 0) is 16.0 Å². The van der Waals surface area contributed by atoms with Gasteiger partial charge in [0.1, 0.15) is 0 Å². The third kappa shape index (κ3) is 4.47. The maximum absolute atomic E-state index is 12.6. The Bertz CT molecular complexity index is 494. The molecule has 1 atom stereocenters. The second-order valence-electron chi connectivity index (χ2n) is 6.75. The number of hydrogen-bond acceptors (Lipinski definition) is 2. The maximum Gasteiger partial charge on any atom is 0.223 e. The first-order valence-electron chi connectivity index (χ1n) is 8.05. The zero-order chi connectivity index (χ0) is 16.2. The van der Waals surface area contributed by atoms with Crippen LogP contribution in [-0.4, -0.2) is 24.7 Å². The first-order valence-corrected chi connectivity index (χ1v) is 8.43. The van der Waals surface area contributed by atoms with Gasteiger partial charge in [-0.15, -0.1) is 0 Å². The maximum atomic E-state index is 12.6. The molecule has 0 radical (unpaired) electrons. The van der Waals surface area contributed by atoms with Gasteiger partial charge in [-0.3, -0.25) is 4.79 Å². The minimum Gasteiger partial charge on any atom is -0.381 e. The van der Waals surface area contributed by atoms with Crippen LogP contribution in [0.15, 0.2) is 24.3 Å². The van der Waals surface area contributed by atoms with E-state index in [9.17, 15) is 4.79 Å². The van der Waals surface area contributed by atoms with E-state index in [1.807, 2.05) is 24.3 Å². The summed E-state index contributed by atoms with van der Waals surface area (Å²) in [4.78, 5) is 12.6. The molecule has 1 aromatic rings. The average molecular weight is 324 g/mol. The van der Waals surface area contributed by atoms with E-state index in [1.54, 1.807) is 0 Å². The number of halogens is 1. The predicted molar refractivity (Wildman–Crippen MR) is 90.1 cm³/mol. The fourth-order valence-corrected chi connectivity index (χ4v) is 2.89. The summed E-state index contributed by atoms with van der Waals surface area (Å²) in [5.41, 5.74) is 0.927. The van der Waals surface area contributed by atoms with Crippen LogP contribution in [0.1, 0.15) is 39.2 Å². The van der Waals surface area contributed by atoms with E-state index in [4.69, 9.17) is 16.3 Å². The standard InChI is InChI=1S/C18H26ClNO2/c1-13(2)18(3,12-14-4-6-16(19)7-5-14)20-17(21)15-8-10-22-11-9-15/h4-7,13,15H,8-12H2,1-3H3,(H,20,21)/t18-/m1/s1. The lowest BCUT2D eigenvalue weighted by molar-refractivity contribution is -0.130. The summed E-state index contributed by atoms with van der Waals surface area (Å²) in [6.07, 6.45) is 2.44. The van der Waals surface area contributed by atoms with Gasteiger partial charge >= 0.3 is 0 Å². The molecule has 122 valence electrons. The summed E-state index contributed by atoms with van der Waals surface area (Å²) >= 11 is 5.95. The molecule has 1 aliphatic heterocycles. The van der Waals surface area contributed by atoms with Gasteiger partial charge in [-0.25, -0.2) is 0 Å². The van der Waals surface area contributed by atoms with Gasteiger partial charge < -0.3 is 10.1 Å². The largest absolute Gasteiger partial charge is 0.381 e. The van der Waals surface area contributed by atoms with Gasteiger partial charge in [-0.2, -0.15) is 0 Å². The highest BCUT2D eigenvalue weighted by Crippen LogP contribution is 2.25.